The molecule has 2 amide bonds. The molecule has 0 aliphatic rings. The first kappa shape index (κ1) is 31.9. The molecule has 0 saturated heterocycles. The molecule has 2 N–H and O–H groups in total. The van der Waals surface area contributed by atoms with Crippen LogP contribution in [-0.2, 0) is 20.0 Å². The lowest BCUT2D eigenvalue weighted by Gasteiger charge is -2.23. The molecule has 0 atom stereocenters. The van der Waals surface area contributed by atoms with Gasteiger partial charge in [0.2, 0.25) is 11.8 Å². The summed E-state index contributed by atoms with van der Waals surface area (Å²) in [5.74, 6) is -0.173. The first-order valence-corrected chi connectivity index (χ1v) is 10.3. The quantitative estimate of drug-likeness (QED) is 0.154. The van der Waals surface area contributed by atoms with Gasteiger partial charge in [0, 0.05) is 36.3 Å². The van der Waals surface area contributed by atoms with Crippen LogP contribution < -0.4 is 10.6 Å². The smallest absolute Gasteiger partial charge is 0.243 e. The second-order valence-corrected chi connectivity index (χ2v) is 8.95. The Morgan fingerprint density at radius 3 is 1.21 bits per heavy atom. The second-order valence-electron chi connectivity index (χ2n) is 8.13. The fourth-order valence-corrected chi connectivity index (χ4v) is 1.67. The molecule has 0 aromatic heterocycles. The lowest BCUT2D eigenvalue weighted by atomic mass is 10.3. The highest BCUT2D eigenvalue weighted by atomic mass is 32.3. The normalized spacial score (nSPS) is 11.0. The van der Waals surface area contributed by atoms with Crippen molar-refractivity contribution in [3.63, 3.8) is 0 Å². The SMILES string of the molecule is C=CC(=O)NCCC[N+](C)(C)C.C=CC(=O)NCCC[N+](C)(C)C.O=S(=O)([O-])[O-]. The summed E-state index contributed by atoms with van der Waals surface area (Å²) < 4.78 is 36.0. The lowest BCUT2D eigenvalue weighted by molar-refractivity contribution is -0.870. The van der Waals surface area contributed by atoms with Gasteiger partial charge < -0.3 is 28.7 Å². The van der Waals surface area contributed by atoms with E-state index >= 15 is 0 Å². The van der Waals surface area contributed by atoms with Gasteiger partial charge in [0.25, 0.3) is 0 Å². The molecule has 0 saturated carbocycles. The largest absolute Gasteiger partial charge is 0.759 e. The van der Waals surface area contributed by atoms with E-state index in [9.17, 15) is 9.59 Å². The molecular formula is C18H38N4O6S. The van der Waals surface area contributed by atoms with E-state index in [4.69, 9.17) is 17.5 Å². The van der Waals surface area contributed by atoms with Gasteiger partial charge >= 0.3 is 0 Å². The summed E-state index contributed by atoms with van der Waals surface area (Å²) in [6, 6.07) is 0. The van der Waals surface area contributed by atoms with Gasteiger partial charge in [0.15, 0.2) is 0 Å². The molecule has 0 radical (unpaired) electrons. The van der Waals surface area contributed by atoms with Crippen molar-refractivity contribution in [1.29, 1.82) is 0 Å². The summed E-state index contributed by atoms with van der Waals surface area (Å²) in [6.45, 7) is 10.4. The third-order valence-corrected chi connectivity index (χ3v) is 2.98. The van der Waals surface area contributed by atoms with E-state index in [-0.39, 0.29) is 11.8 Å². The minimum absolute atomic E-state index is 0.0867. The van der Waals surface area contributed by atoms with Gasteiger partial charge in [-0.1, -0.05) is 13.2 Å². The molecule has 0 aliphatic heterocycles. The van der Waals surface area contributed by atoms with E-state index in [1.54, 1.807) is 0 Å². The maximum Gasteiger partial charge on any atom is 0.243 e. The Bertz CT molecular complexity index is 546. The van der Waals surface area contributed by atoms with Crippen molar-refractivity contribution in [3.8, 4) is 0 Å². The van der Waals surface area contributed by atoms with Crippen LogP contribution in [0.2, 0.25) is 0 Å². The first-order valence-electron chi connectivity index (χ1n) is 8.99. The molecule has 0 fully saturated rings. The Kier molecular flexibility index (Phi) is 17.7. The molecule has 0 unspecified atom stereocenters. The summed E-state index contributed by atoms with van der Waals surface area (Å²) in [7, 11) is 7.64. The van der Waals surface area contributed by atoms with E-state index in [1.807, 2.05) is 0 Å². The lowest BCUT2D eigenvalue weighted by Crippen LogP contribution is -2.37. The van der Waals surface area contributed by atoms with Gasteiger partial charge in [0.05, 0.1) is 55.4 Å². The van der Waals surface area contributed by atoms with E-state index in [0.717, 1.165) is 48.0 Å². The zero-order chi connectivity index (χ0) is 23.7. The third-order valence-electron chi connectivity index (χ3n) is 2.98. The molecule has 0 spiro atoms. The van der Waals surface area contributed by atoms with Crippen LogP contribution >= 0.6 is 0 Å². The monoisotopic (exact) mass is 438 g/mol. The molecule has 0 aromatic carbocycles. The number of amides is 2. The number of rotatable bonds is 10. The molecule has 0 rings (SSSR count). The highest BCUT2D eigenvalue weighted by Gasteiger charge is 2.06. The molecule has 11 heteroatoms. The summed E-state index contributed by atoms with van der Waals surface area (Å²) in [4.78, 5) is 21.4. The van der Waals surface area contributed by atoms with Gasteiger partial charge in [0.1, 0.15) is 0 Å². The maximum atomic E-state index is 10.7. The average Bonchev–Trinajstić information content (AvgIpc) is 2.52. The van der Waals surface area contributed by atoms with Crippen LogP contribution in [0.4, 0.5) is 0 Å². The number of quaternary nitrogens is 2. The Morgan fingerprint density at radius 1 is 0.793 bits per heavy atom. The van der Waals surface area contributed by atoms with Crippen molar-refractivity contribution in [2.45, 2.75) is 12.8 Å². The minimum atomic E-state index is -5.17. The van der Waals surface area contributed by atoms with Gasteiger partial charge in [-0.05, 0) is 12.2 Å². The molecule has 0 heterocycles. The summed E-state index contributed by atoms with van der Waals surface area (Å²) >= 11 is 0. The number of nitrogens with one attached hydrogen (secondary N) is 2. The Hall–Kier alpha value is -1.79. The molecule has 10 nitrogen and oxygen atoms in total. The summed E-state index contributed by atoms with van der Waals surface area (Å²) in [5.41, 5.74) is 0. The number of carbonyl (C=O) groups excluding carboxylic acids is 2. The zero-order valence-electron chi connectivity index (χ0n) is 18.6. The van der Waals surface area contributed by atoms with E-state index < -0.39 is 10.4 Å². The predicted molar refractivity (Wildman–Crippen MR) is 112 cm³/mol. The molecule has 0 bridgehead atoms. The van der Waals surface area contributed by atoms with Gasteiger partial charge in [-0.2, -0.15) is 0 Å². The molecule has 172 valence electrons. The first-order chi connectivity index (χ1) is 12.9. The number of nitrogens with zero attached hydrogens (tertiary/aromatic N) is 2. The van der Waals surface area contributed by atoms with Gasteiger partial charge in [-0.15, -0.1) is 0 Å². The fourth-order valence-electron chi connectivity index (χ4n) is 1.67. The van der Waals surface area contributed by atoms with Crippen LogP contribution in [0.1, 0.15) is 12.8 Å². The van der Waals surface area contributed by atoms with Crippen molar-refractivity contribution in [2.75, 3.05) is 68.5 Å². The van der Waals surface area contributed by atoms with Gasteiger partial charge in [-0.25, -0.2) is 0 Å². The van der Waals surface area contributed by atoms with E-state index in [1.165, 1.54) is 12.2 Å². The fraction of sp³-hybridized carbons (Fsp3) is 0.667. The highest BCUT2D eigenvalue weighted by Crippen LogP contribution is 1.92. The molecule has 29 heavy (non-hydrogen) atoms. The van der Waals surface area contributed by atoms with E-state index in [0.29, 0.717) is 0 Å². The minimum Gasteiger partial charge on any atom is -0.759 e. The third kappa shape index (κ3) is 46.3. The van der Waals surface area contributed by atoms with Crippen molar-refractivity contribution < 1.29 is 36.1 Å². The van der Waals surface area contributed by atoms with Crippen molar-refractivity contribution >= 4 is 22.2 Å². The maximum absolute atomic E-state index is 10.7. The van der Waals surface area contributed by atoms with Crippen LogP contribution in [0.5, 0.6) is 0 Å². The number of hydrogen-bond donors (Lipinski definition) is 2. The van der Waals surface area contributed by atoms with Crippen molar-refractivity contribution in [2.24, 2.45) is 0 Å². The summed E-state index contributed by atoms with van der Waals surface area (Å²) in [5, 5.41) is 5.48. The Morgan fingerprint density at radius 2 is 1.03 bits per heavy atom. The molecule has 0 aliphatic carbocycles. The van der Waals surface area contributed by atoms with Crippen LogP contribution in [0.25, 0.3) is 0 Å². The number of hydrogen-bond acceptors (Lipinski definition) is 6. The Balaban J connectivity index is -0.000000380. The average molecular weight is 439 g/mol. The van der Waals surface area contributed by atoms with Crippen LogP contribution in [0, 0.1) is 0 Å². The van der Waals surface area contributed by atoms with Crippen molar-refractivity contribution in [3.05, 3.63) is 25.3 Å². The second kappa shape index (κ2) is 16.1. The van der Waals surface area contributed by atoms with Crippen LogP contribution in [0.3, 0.4) is 0 Å². The van der Waals surface area contributed by atoms with Crippen molar-refractivity contribution in [1.82, 2.24) is 10.6 Å². The standard InChI is InChI=1S/2C9H18N2O.H2O4S/c2*1-5-9(12)10-7-6-8-11(2,3)4;1-5(2,3)4/h2*5H,1,6-8H2,2-4H3;(H2,1,2,3,4). The predicted octanol–water partition coefficient (Wildman–Crippen LogP) is -0.568. The van der Waals surface area contributed by atoms with E-state index in [2.05, 4.69) is 66.1 Å². The zero-order valence-corrected chi connectivity index (χ0v) is 19.4. The molecule has 0 aromatic rings. The highest BCUT2D eigenvalue weighted by molar-refractivity contribution is 7.79. The van der Waals surface area contributed by atoms with Gasteiger partial charge in [-0.3, -0.25) is 18.0 Å². The Labute approximate surface area is 176 Å². The van der Waals surface area contributed by atoms with Crippen LogP contribution in [0.15, 0.2) is 25.3 Å². The summed E-state index contributed by atoms with van der Waals surface area (Å²) in [6.07, 6.45) is 4.60. The number of carbonyl (C=O) groups is 2. The molecular weight excluding hydrogens is 400 g/mol. The van der Waals surface area contributed by atoms with Crippen LogP contribution in [-0.4, -0.2) is 107 Å². The topological polar surface area (TPSA) is 138 Å².